The summed E-state index contributed by atoms with van der Waals surface area (Å²) in [6.07, 6.45) is 6.42. The summed E-state index contributed by atoms with van der Waals surface area (Å²) in [5, 5.41) is 10.2. The van der Waals surface area contributed by atoms with Gasteiger partial charge in [-0.05, 0) is 50.7 Å². The number of hydrogen-bond acceptors (Lipinski definition) is 3. The number of pyridine rings is 1. The third-order valence-electron chi connectivity index (χ3n) is 3.65. The minimum Gasteiger partial charge on any atom is -0.370 e. The van der Waals surface area contributed by atoms with Crippen LogP contribution in [0.25, 0.3) is 0 Å². The highest BCUT2D eigenvalue weighted by Crippen LogP contribution is 2.06. The Labute approximate surface area is 164 Å². The second-order valence-corrected chi connectivity index (χ2v) is 6.36. The van der Waals surface area contributed by atoms with Crippen LogP contribution in [0, 0.1) is 5.92 Å². The molecule has 1 unspecified atom stereocenters. The lowest BCUT2D eigenvalue weighted by molar-refractivity contribution is 0.489. The normalized spacial score (nSPS) is 12.5. The number of halogens is 1. The van der Waals surface area contributed by atoms with Crippen LogP contribution in [0.4, 0.5) is 5.82 Å². The molecule has 3 N–H and O–H groups in total. The van der Waals surface area contributed by atoms with Crippen LogP contribution in [0.3, 0.4) is 0 Å². The van der Waals surface area contributed by atoms with Gasteiger partial charge in [-0.15, -0.1) is 24.0 Å². The highest BCUT2D eigenvalue weighted by atomic mass is 127. The van der Waals surface area contributed by atoms with Crippen molar-refractivity contribution in [2.75, 3.05) is 25.5 Å². The van der Waals surface area contributed by atoms with Gasteiger partial charge in [-0.1, -0.05) is 19.9 Å². The monoisotopic (exact) mass is 447 g/mol. The van der Waals surface area contributed by atoms with E-state index in [9.17, 15) is 0 Å². The Hall–Kier alpha value is -1.05. The third kappa shape index (κ3) is 11.5. The van der Waals surface area contributed by atoms with Gasteiger partial charge < -0.3 is 16.0 Å². The van der Waals surface area contributed by atoms with Crippen molar-refractivity contribution >= 4 is 35.8 Å². The minimum absolute atomic E-state index is 0. The van der Waals surface area contributed by atoms with Gasteiger partial charge >= 0.3 is 0 Å². The molecule has 0 aliphatic carbocycles. The molecular weight excluding hydrogens is 413 g/mol. The number of hydrogen-bond donors (Lipinski definition) is 3. The van der Waals surface area contributed by atoms with Gasteiger partial charge in [-0.25, -0.2) is 4.98 Å². The zero-order chi connectivity index (χ0) is 16.9. The Kier molecular flexibility index (Phi) is 13.7. The maximum atomic E-state index is 4.29. The zero-order valence-electron chi connectivity index (χ0n) is 15.5. The first-order valence-corrected chi connectivity index (χ1v) is 8.74. The van der Waals surface area contributed by atoms with Crippen LogP contribution in [0.2, 0.25) is 0 Å². The van der Waals surface area contributed by atoms with E-state index in [1.54, 1.807) is 6.20 Å². The summed E-state index contributed by atoms with van der Waals surface area (Å²) < 4.78 is 0. The largest absolute Gasteiger partial charge is 0.370 e. The molecule has 0 bridgehead atoms. The molecule has 1 atom stereocenters. The highest BCUT2D eigenvalue weighted by molar-refractivity contribution is 14.0. The van der Waals surface area contributed by atoms with Gasteiger partial charge in [0.15, 0.2) is 5.96 Å². The predicted molar refractivity (Wildman–Crippen MR) is 115 cm³/mol. The number of anilines is 1. The van der Waals surface area contributed by atoms with Crippen molar-refractivity contribution in [1.82, 2.24) is 15.6 Å². The SMILES string of the molecule is CN=C(NCCCCNc1ccccn1)NC(C)CCC(C)C.I. The van der Waals surface area contributed by atoms with E-state index in [-0.39, 0.29) is 24.0 Å². The molecule has 0 aliphatic rings. The number of unbranched alkanes of at least 4 members (excludes halogenated alkanes) is 1. The third-order valence-corrected chi connectivity index (χ3v) is 3.65. The van der Waals surface area contributed by atoms with Crippen molar-refractivity contribution in [1.29, 1.82) is 0 Å². The Morgan fingerprint density at radius 3 is 2.50 bits per heavy atom. The fraction of sp³-hybridized carbons (Fsp3) is 0.667. The van der Waals surface area contributed by atoms with E-state index in [4.69, 9.17) is 0 Å². The zero-order valence-corrected chi connectivity index (χ0v) is 17.8. The molecule has 0 radical (unpaired) electrons. The Morgan fingerprint density at radius 2 is 1.88 bits per heavy atom. The fourth-order valence-corrected chi connectivity index (χ4v) is 2.22. The molecule has 0 spiro atoms. The molecule has 1 aromatic rings. The molecule has 0 fully saturated rings. The summed E-state index contributed by atoms with van der Waals surface area (Å²) in [6.45, 7) is 8.61. The topological polar surface area (TPSA) is 61.3 Å². The van der Waals surface area contributed by atoms with E-state index in [0.717, 1.165) is 43.6 Å². The van der Waals surface area contributed by atoms with Crippen molar-refractivity contribution in [3.63, 3.8) is 0 Å². The quantitative estimate of drug-likeness (QED) is 0.221. The van der Waals surface area contributed by atoms with Crippen LogP contribution in [0.5, 0.6) is 0 Å². The Morgan fingerprint density at radius 1 is 1.12 bits per heavy atom. The van der Waals surface area contributed by atoms with E-state index >= 15 is 0 Å². The summed E-state index contributed by atoms with van der Waals surface area (Å²) in [4.78, 5) is 8.53. The van der Waals surface area contributed by atoms with Gasteiger partial charge in [0.1, 0.15) is 5.82 Å². The van der Waals surface area contributed by atoms with Gasteiger partial charge in [-0.2, -0.15) is 0 Å². The number of aliphatic imine (C=N–C) groups is 1. The number of nitrogens with zero attached hydrogens (tertiary/aromatic N) is 2. The standard InChI is InChI=1S/C18H33N5.HI/c1-15(2)10-11-16(3)23-18(19-4)22-14-8-7-13-21-17-9-5-6-12-20-17;/h5-6,9,12,15-16H,7-8,10-11,13-14H2,1-4H3,(H,20,21)(H2,19,22,23);1H. The molecule has 138 valence electrons. The summed E-state index contributed by atoms with van der Waals surface area (Å²) in [7, 11) is 1.83. The van der Waals surface area contributed by atoms with E-state index < -0.39 is 0 Å². The maximum absolute atomic E-state index is 4.29. The minimum atomic E-state index is 0. The Bertz CT molecular complexity index is 436. The van der Waals surface area contributed by atoms with Crippen molar-refractivity contribution < 1.29 is 0 Å². The van der Waals surface area contributed by atoms with Crippen LogP contribution in [-0.4, -0.2) is 37.1 Å². The molecule has 1 aromatic heterocycles. The number of aromatic nitrogens is 1. The molecule has 0 aliphatic heterocycles. The van der Waals surface area contributed by atoms with E-state index in [0.29, 0.717) is 6.04 Å². The van der Waals surface area contributed by atoms with Crippen LogP contribution in [0.15, 0.2) is 29.4 Å². The van der Waals surface area contributed by atoms with Gasteiger partial charge in [-0.3, -0.25) is 4.99 Å². The maximum Gasteiger partial charge on any atom is 0.191 e. The van der Waals surface area contributed by atoms with Crippen molar-refractivity contribution in [3.8, 4) is 0 Å². The van der Waals surface area contributed by atoms with Gasteiger partial charge in [0.05, 0.1) is 0 Å². The molecular formula is C18H34IN5. The van der Waals surface area contributed by atoms with Crippen LogP contribution < -0.4 is 16.0 Å². The average molecular weight is 447 g/mol. The fourth-order valence-electron chi connectivity index (χ4n) is 2.22. The van der Waals surface area contributed by atoms with Crippen LogP contribution in [-0.2, 0) is 0 Å². The average Bonchev–Trinajstić information content (AvgIpc) is 2.55. The summed E-state index contributed by atoms with van der Waals surface area (Å²) in [5.41, 5.74) is 0. The molecule has 6 heteroatoms. The first-order valence-electron chi connectivity index (χ1n) is 8.74. The lowest BCUT2D eigenvalue weighted by Crippen LogP contribution is -2.42. The number of nitrogens with one attached hydrogen (secondary N) is 3. The molecule has 1 rings (SSSR count). The molecule has 24 heavy (non-hydrogen) atoms. The first-order chi connectivity index (χ1) is 11.1. The number of rotatable bonds is 10. The molecule has 0 amide bonds. The van der Waals surface area contributed by atoms with Crippen LogP contribution >= 0.6 is 24.0 Å². The van der Waals surface area contributed by atoms with Gasteiger partial charge in [0.25, 0.3) is 0 Å². The smallest absolute Gasteiger partial charge is 0.191 e. The molecule has 5 nitrogen and oxygen atoms in total. The molecule has 0 aromatic carbocycles. The first kappa shape index (κ1) is 22.9. The molecule has 1 heterocycles. The Balaban J connectivity index is 0.00000529. The highest BCUT2D eigenvalue weighted by Gasteiger charge is 2.05. The predicted octanol–water partition coefficient (Wildman–Crippen LogP) is 3.88. The molecule has 0 saturated carbocycles. The van der Waals surface area contributed by atoms with Crippen LogP contribution in [0.1, 0.15) is 46.5 Å². The molecule has 0 saturated heterocycles. The van der Waals surface area contributed by atoms with E-state index in [1.165, 1.54) is 12.8 Å². The summed E-state index contributed by atoms with van der Waals surface area (Å²) >= 11 is 0. The van der Waals surface area contributed by atoms with Gasteiger partial charge in [0.2, 0.25) is 0 Å². The number of guanidine groups is 1. The van der Waals surface area contributed by atoms with E-state index in [2.05, 4.69) is 46.7 Å². The van der Waals surface area contributed by atoms with Crippen molar-refractivity contribution in [2.24, 2.45) is 10.9 Å². The second-order valence-electron chi connectivity index (χ2n) is 6.36. The lowest BCUT2D eigenvalue weighted by atomic mass is 10.0. The lowest BCUT2D eigenvalue weighted by Gasteiger charge is -2.18. The second kappa shape index (κ2) is 14.3. The van der Waals surface area contributed by atoms with E-state index in [1.807, 2.05) is 25.2 Å². The summed E-state index contributed by atoms with van der Waals surface area (Å²) in [6, 6.07) is 6.36. The van der Waals surface area contributed by atoms with Crippen molar-refractivity contribution in [2.45, 2.75) is 52.5 Å². The van der Waals surface area contributed by atoms with Crippen molar-refractivity contribution in [3.05, 3.63) is 24.4 Å². The summed E-state index contributed by atoms with van der Waals surface area (Å²) in [5.74, 6) is 2.59. The van der Waals surface area contributed by atoms with Gasteiger partial charge in [0, 0.05) is 32.4 Å².